The molecule has 0 amide bonds. The first kappa shape index (κ1) is 27.3. The monoisotopic (exact) mass is 565 g/mol. The molecule has 1 saturated heterocycles. The van der Waals surface area contributed by atoms with Gasteiger partial charge in [-0.25, -0.2) is 23.5 Å². The molecule has 1 N–H and O–H groups in total. The summed E-state index contributed by atoms with van der Waals surface area (Å²) < 4.78 is 79.6. The highest BCUT2D eigenvalue weighted by Gasteiger charge is 2.39. The van der Waals surface area contributed by atoms with Gasteiger partial charge in [-0.05, 0) is 57.0 Å². The second-order valence-electron chi connectivity index (χ2n) is 10.2. The van der Waals surface area contributed by atoms with Crippen LogP contribution in [0.25, 0.3) is 11.0 Å². The van der Waals surface area contributed by atoms with Crippen molar-refractivity contribution in [3.63, 3.8) is 0 Å². The van der Waals surface area contributed by atoms with Crippen LogP contribution in [-0.4, -0.2) is 49.3 Å². The number of esters is 1. The zero-order valence-electron chi connectivity index (χ0n) is 21.6. The average Bonchev–Trinajstić information content (AvgIpc) is 3.50. The van der Waals surface area contributed by atoms with Crippen molar-refractivity contribution >= 4 is 34.5 Å². The molecule has 4 heterocycles. The molecular weight excluding hydrogens is 541 g/mol. The quantitative estimate of drug-likeness (QED) is 0.242. The fourth-order valence-electron chi connectivity index (χ4n) is 4.42. The summed E-state index contributed by atoms with van der Waals surface area (Å²) in [6, 6.07) is 3.50. The number of hydrogen-bond acceptors (Lipinski definition) is 9. The van der Waals surface area contributed by atoms with Gasteiger partial charge in [0.05, 0.1) is 16.6 Å². The van der Waals surface area contributed by atoms with Gasteiger partial charge in [0.1, 0.15) is 29.2 Å². The number of ether oxygens (including phenoxy) is 1. The number of piperidine rings is 1. The third-order valence-electron chi connectivity index (χ3n) is 6.22. The molecule has 212 valence electrons. The lowest BCUT2D eigenvalue weighted by Gasteiger charge is -2.31. The van der Waals surface area contributed by atoms with Gasteiger partial charge in [0, 0.05) is 25.3 Å². The number of carbonyl (C=O) groups excluding carboxylic acids is 1. The number of anilines is 3. The first-order valence-electron chi connectivity index (χ1n) is 12.3. The smallest absolute Gasteiger partial charge is 0.456 e. The standard InChI is InChI=1S/C25H24F5N7O3/c1-24(2,3)39-21(38)13-4-5-17(15(26)10-13)33-19-18-16(27)11-37(20(18)32-12-31-19)14-6-8-36(9-7-14)23-34-22(40-35-23)25(28,29)30/h4-5,10-12,14H,6-9H2,1-3H3,(H,31,32,33). The van der Waals surface area contributed by atoms with E-state index in [0.717, 1.165) is 6.07 Å². The molecule has 0 unspecified atom stereocenters. The molecular formula is C25H24F5N7O3. The van der Waals surface area contributed by atoms with Gasteiger partial charge in [0.2, 0.25) is 0 Å². The number of hydrogen-bond donors (Lipinski definition) is 1. The number of benzene rings is 1. The van der Waals surface area contributed by atoms with Gasteiger partial charge in [-0.3, -0.25) is 0 Å². The molecule has 4 aromatic rings. The highest BCUT2D eigenvalue weighted by Crippen LogP contribution is 2.34. The molecule has 15 heteroatoms. The fraction of sp³-hybridized carbons (Fsp3) is 0.400. The van der Waals surface area contributed by atoms with Crippen LogP contribution in [-0.2, 0) is 10.9 Å². The summed E-state index contributed by atoms with van der Waals surface area (Å²) >= 11 is 0. The van der Waals surface area contributed by atoms with Crippen LogP contribution in [0.2, 0.25) is 0 Å². The number of halogens is 5. The van der Waals surface area contributed by atoms with Crippen molar-refractivity contribution < 1.29 is 36.0 Å². The molecule has 0 radical (unpaired) electrons. The van der Waals surface area contributed by atoms with Crippen LogP contribution in [0.1, 0.15) is 55.9 Å². The van der Waals surface area contributed by atoms with Crippen molar-refractivity contribution in [3.05, 3.63) is 53.8 Å². The van der Waals surface area contributed by atoms with E-state index in [-0.39, 0.29) is 40.1 Å². The van der Waals surface area contributed by atoms with Gasteiger partial charge in [0.25, 0.3) is 5.95 Å². The van der Waals surface area contributed by atoms with Crippen molar-refractivity contribution in [2.24, 2.45) is 0 Å². The van der Waals surface area contributed by atoms with Gasteiger partial charge in [-0.1, -0.05) is 0 Å². The van der Waals surface area contributed by atoms with Gasteiger partial charge < -0.3 is 24.0 Å². The van der Waals surface area contributed by atoms with Crippen LogP contribution in [0.4, 0.5) is 39.4 Å². The molecule has 5 rings (SSSR count). The van der Waals surface area contributed by atoms with Crippen LogP contribution in [0, 0.1) is 11.6 Å². The minimum absolute atomic E-state index is 0.0185. The molecule has 0 aliphatic carbocycles. The van der Waals surface area contributed by atoms with E-state index in [1.807, 2.05) is 0 Å². The lowest BCUT2D eigenvalue weighted by Crippen LogP contribution is -2.35. The highest BCUT2D eigenvalue weighted by atomic mass is 19.4. The summed E-state index contributed by atoms with van der Waals surface area (Å²) in [6.07, 6.45) is -1.39. The van der Waals surface area contributed by atoms with Crippen LogP contribution < -0.4 is 10.2 Å². The van der Waals surface area contributed by atoms with Crippen LogP contribution in [0.15, 0.2) is 35.2 Å². The number of nitrogens with one attached hydrogen (secondary N) is 1. The predicted octanol–water partition coefficient (Wildman–Crippen LogP) is 5.65. The molecule has 0 saturated carbocycles. The number of alkyl halides is 3. The minimum atomic E-state index is -4.74. The normalized spacial score (nSPS) is 15.1. The number of aromatic nitrogens is 5. The molecule has 0 spiro atoms. The zero-order valence-corrected chi connectivity index (χ0v) is 21.6. The summed E-state index contributed by atoms with van der Waals surface area (Å²) in [6.45, 7) is 5.69. The number of nitrogens with zero attached hydrogens (tertiary/aromatic N) is 6. The number of rotatable bonds is 5. The minimum Gasteiger partial charge on any atom is -0.456 e. The van der Waals surface area contributed by atoms with E-state index in [4.69, 9.17) is 4.74 Å². The number of carbonyl (C=O) groups is 1. The van der Waals surface area contributed by atoms with E-state index in [9.17, 15) is 22.4 Å². The van der Waals surface area contributed by atoms with Crippen molar-refractivity contribution in [1.82, 2.24) is 24.7 Å². The maximum Gasteiger partial charge on any atom is 0.471 e. The average molecular weight is 566 g/mol. The van der Waals surface area contributed by atoms with Crippen LogP contribution in [0.3, 0.4) is 0 Å². The summed E-state index contributed by atoms with van der Waals surface area (Å²) in [7, 11) is 0. The Hall–Kier alpha value is -4.30. The summed E-state index contributed by atoms with van der Waals surface area (Å²) in [5.41, 5.74) is -0.503. The molecule has 0 atom stereocenters. The van der Waals surface area contributed by atoms with Crippen LogP contribution >= 0.6 is 0 Å². The van der Waals surface area contributed by atoms with E-state index in [0.29, 0.717) is 25.9 Å². The van der Waals surface area contributed by atoms with Crippen LogP contribution in [0.5, 0.6) is 0 Å². The van der Waals surface area contributed by atoms with Crippen molar-refractivity contribution in [2.45, 2.75) is 51.4 Å². The first-order valence-corrected chi connectivity index (χ1v) is 12.3. The summed E-state index contributed by atoms with van der Waals surface area (Å²) in [4.78, 5) is 25.5. The second-order valence-corrected chi connectivity index (χ2v) is 10.2. The third kappa shape index (κ3) is 5.53. The highest BCUT2D eigenvalue weighted by molar-refractivity contribution is 5.92. The predicted molar refractivity (Wildman–Crippen MR) is 132 cm³/mol. The van der Waals surface area contributed by atoms with E-state index < -0.39 is 35.3 Å². The van der Waals surface area contributed by atoms with Gasteiger partial charge in [0.15, 0.2) is 5.82 Å². The van der Waals surface area contributed by atoms with Gasteiger partial charge >= 0.3 is 18.0 Å². The Morgan fingerprint density at radius 2 is 1.82 bits per heavy atom. The maximum atomic E-state index is 15.2. The van der Waals surface area contributed by atoms with Crippen molar-refractivity contribution in [1.29, 1.82) is 0 Å². The Kier molecular flexibility index (Phi) is 6.84. The van der Waals surface area contributed by atoms with E-state index in [1.165, 1.54) is 24.7 Å². The molecule has 1 aromatic carbocycles. The second kappa shape index (κ2) is 10.0. The molecule has 1 aliphatic rings. The first-order chi connectivity index (χ1) is 18.8. The Morgan fingerprint density at radius 3 is 2.45 bits per heavy atom. The molecule has 3 aromatic heterocycles. The molecule has 1 fully saturated rings. The van der Waals surface area contributed by atoms with E-state index in [2.05, 4.69) is 29.9 Å². The van der Waals surface area contributed by atoms with Crippen molar-refractivity contribution in [3.8, 4) is 0 Å². The molecule has 0 bridgehead atoms. The lowest BCUT2D eigenvalue weighted by molar-refractivity contribution is -0.159. The lowest BCUT2D eigenvalue weighted by atomic mass is 10.1. The Morgan fingerprint density at radius 1 is 1.10 bits per heavy atom. The molecule has 1 aliphatic heterocycles. The Bertz CT molecular complexity index is 1550. The van der Waals surface area contributed by atoms with Gasteiger partial charge in [-0.15, -0.1) is 0 Å². The zero-order chi connectivity index (χ0) is 28.8. The third-order valence-corrected chi connectivity index (χ3v) is 6.22. The fourth-order valence-corrected chi connectivity index (χ4v) is 4.42. The Balaban J connectivity index is 1.33. The summed E-state index contributed by atoms with van der Waals surface area (Å²) in [5, 5.41) is 6.22. The molecule has 10 nitrogen and oxygen atoms in total. The topological polar surface area (TPSA) is 111 Å². The largest absolute Gasteiger partial charge is 0.471 e. The van der Waals surface area contributed by atoms with E-state index in [1.54, 1.807) is 30.2 Å². The SMILES string of the molecule is CC(C)(C)OC(=O)c1ccc(Nc2ncnc3c2c(F)cn3C2CCN(c3noc(C(F)(F)F)n3)CC2)c(F)c1. The molecule has 40 heavy (non-hydrogen) atoms. The van der Waals surface area contributed by atoms with E-state index >= 15 is 4.39 Å². The van der Waals surface area contributed by atoms with Crippen molar-refractivity contribution in [2.75, 3.05) is 23.3 Å². The Labute approximate surface area is 224 Å². The van der Waals surface area contributed by atoms with Gasteiger partial charge in [-0.2, -0.15) is 18.2 Å². The number of fused-ring (bicyclic) bond motifs is 1. The maximum absolute atomic E-state index is 15.2. The summed E-state index contributed by atoms with van der Waals surface area (Å²) in [5.74, 6) is -3.65.